The van der Waals surface area contributed by atoms with Gasteiger partial charge in [-0.3, -0.25) is 0 Å². The number of aromatic nitrogens is 2. The Hall–Kier alpha value is -1.62. The summed E-state index contributed by atoms with van der Waals surface area (Å²) in [5, 5.41) is 3.13. The Morgan fingerprint density at radius 1 is 1.29 bits per heavy atom. The van der Waals surface area contributed by atoms with Gasteiger partial charge in [-0.2, -0.15) is 0 Å². The lowest BCUT2D eigenvalue weighted by molar-refractivity contribution is 0.357. The molecular weight excluding hydrogens is 330 g/mol. The number of ether oxygens (including phenoxy) is 1. The summed E-state index contributed by atoms with van der Waals surface area (Å²) in [6.45, 7) is 5.03. The van der Waals surface area contributed by atoms with E-state index in [0.717, 1.165) is 46.1 Å². The smallest absolute Gasteiger partial charge is 0.161 e. The van der Waals surface area contributed by atoms with Gasteiger partial charge in [0.2, 0.25) is 0 Å². The number of halogens is 1. The minimum atomic E-state index is 0.325. The largest absolute Gasteiger partial charge is 0.493 e. The Morgan fingerprint density at radius 3 is 2.81 bits per heavy atom. The predicted octanol–water partition coefficient (Wildman–Crippen LogP) is 4.01. The van der Waals surface area contributed by atoms with E-state index >= 15 is 0 Å². The van der Waals surface area contributed by atoms with Gasteiger partial charge in [-0.25, -0.2) is 9.97 Å². The maximum absolute atomic E-state index is 5.55. The van der Waals surface area contributed by atoms with E-state index in [9.17, 15) is 0 Å². The Kier molecular flexibility index (Phi) is 3.85. The van der Waals surface area contributed by atoms with Gasteiger partial charge in [0, 0.05) is 19.0 Å². The number of rotatable bonds is 3. The molecule has 0 atom stereocenters. The first kappa shape index (κ1) is 14.3. The third-order valence-corrected chi connectivity index (χ3v) is 4.39. The minimum absolute atomic E-state index is 0.325. The zero-order chi connectivity index (χ0) is 15.0. The van der Waals surface area contributed by atoms with E-state index in [1.807, 2.05) is 19.2 Å². The lowest BCUT2D eigenvalue weighted by Crippen LogP contribution is -2.04. The van der Waals surface area contributed by atoms with Crippen LogP contribution >= 0.6 is 15.9 Å². The molecule has 0 saturated carbocycles. The third kappa shape index (κ3) is 2.62. The zero-order valence-corrected chi connectivity index (χ0v) is 14.0. The van der Waals surface area contributed by atoms with Gasteiger partial charge >= 0.3 is 0 Å². The number of nitrogens with one attached hydrogen (secondary N) is 1. The molecule has 1 aliphatic heterocycles. The molecule has 0 saturated heterocycles. The van der Waals surface area contributed by atoms with Crippen molar-refractivity contribution in [3.8, 4) is 17.1 Å². The summed E-state index contributed by atoms with van der Waals surface area (Å²) < 4.78 is 6.49. The van der Waals surface area contributed by atoms with Gasteiger partial charge in [0.05, 0.1) is 16.8 Å². The predicted molar refractivity (Wildman–Crippen MR) is 88.0 cm³/mol. The quantitative estimate of drug-likeness (QED) is 0.911. The molecule has 1 aromatic heterocycles. The summed E-state index contributed by atoms with van der Waals surface area (Å²) >= 11 is 3.59. The normalized spacial score (nSPS) is 13.2. The van der Waals surface area contributed by atoms with Crippen molar-refractivity contribution in [2.75, 3.05) is 19.0 Å². The maximum Gasteiger partial charge on any atom is 0.161 e. The van der Waals surface area contributed by atoms with Crippen molar-refractivity contribution in [2.24, 2.45) is 0 Å². The molecule has 0 fully saturated rings. The average molecular weight is 348 g/mol. The van der Waals surface area contributed by atoms with Crippen molar-refractivity contribution in [3.05, 3.63) is 33.9 Å². The van der Waals surface area contributed by atoms with Crippen molar-refractivity contribution in [3.63, 3.8) is 0 Å². The molecular formula is C16H18BrN3O. The van der Waals surface area contributed by atoms with Gasteiger partial charge in [-0.1, -0.05) is 13.8 Å². The van der Waals surface area contributed by atoms with Crippen LogP contribution in [-0.2, 0) is 6.42 Å². The topological polar surface area (TPSA) is 47.0 Å². The van der Waals surface area contributed by atoms with E-state index in [1.54, 1.807) is 0 Å². The summed E-state index contributed by atoms with van der Waals surface area (Å²) in [5.41, 5.74) is 3.28. The second kappa shape index (κ2) is 5.64. The summed E-state index contributed by atoms with van der Waals surface area (Å²) in [6.07, 6.45) is 0.954. The highest BCUT2D eigenvalue weighted by Gasteiger charge is 2.17. The molecule has 4 nitrogen and oxygen atoms in total. The van der Waals surface area contributed by atoms with Crippen LogP contribution in [0.25, 0.3) is 11.4 Å². The van der Waals surface area contributed by atoms with E-state index in [0.29, 0.717) is 5.92 Å². The lowest BCUT2D eigenvalue weighted by Gasteiger charge is -2.13. The molecule has 1 aliphatic rings. The molecule has 3 rings (SSSR count). The van der Waals surface area contributed by atoms with E-state index in [4.69, 9.17) is 9.72 Å². The van der Waals surface area contributed by atoms with Gasteiger partial charge in [-0.15, -0.1) is 0 Å². The van der Waals surface area contributed by atoms with Crippen LogP contribution in [0.3, 0.4) is 0 Å². The summed E-state index contributed by atoms with van der Waals surface area (Å²) in [5.74, 6) is 2.88. The number of anilines is 1. The van der Waals surface area contributed by atoms with Crippen LogP contribution in [0.2, 0.25) is 0 Å². The number of hydrogen-bond acceptors (Lipinski definition) is 4. The van der Waals surface area contributed by atoms with E-state index in [2.05, 4.69) is 46.1 Å². The van der Waals surface area contributed by atoms with E-state index < -0.39 is 0 Å². The van der Waals surface area contributed by atoms with Crippen molar-refractivity contribution in [2.45, 2.75) is 26.2 Å². The fourth-order valence-corrected chi connectivity index (χ4v) is 3.30. The zero-order valence-electron chi connectivity index (χ0n) is 12.4. The molecule has 5 heteroatoms. The van der Waals surface area contributed by atoms with Crippen LogP contribution in [0.5, 0.6) is 5.75 Å². The highest BCUT2D eigenvalue weighted by molar-refractivity contribution is 9.10. The van der Waals surface area contributed by atoms with Crippen molar-refractivity contribution < 1.29 is 4.74 Å². The first-order valence-electron chi connectivity index (χ1n) is 7.11. The van der Waals surface area contributed by atoms with Crippen LogP contribution in [0, 0.1) is 0 Å². The second-order valence-corrected chi connectivity index (χ2v) is 6.21. The molecule has 0 spiro atoms. The van der Waals surface area contributed by atoms with Gasteiger partial charge in [0.1, 0.15) is 11.6 Å². The third-order valence-electron chi connectivity index (χ3n) is 3.61. The second-order valence-electron chi connectivity index (χ2n) is 5.42. The monoisotopic (exact) mass is 347 g/mol. The molecule has 1 aromatic carbocycles. The minimum Gasteiger partial charge on any atom is -0.493 e. The Labute approximate surface area is 133 Å². The van der Waals surface area contributed by atoms with Crippen molar-refractivity contribution in [1.29, 1.82) is 0 Å². The molecule has 0 bridgehead atoms. The summed E-state index contributed by atoms with van der Waals surface area (Å²) in [7, 11) is 1.87. The molecule has 0 aliphatic carbocycles. The molecule has 0 amide bonds. The van der Waals surface area contributed by atoms with Crippen LogP contribution < -0.4 is 10.1 Å². The summed E-state index contributed by atoms with van der Waals surface area (Å²) in [6, 6.07) is 6.17. The maximum atomic E-state index is 5.55. The molecule has 1 N–H and O–H groups in total. The van der Waals surface area contributed by atoms with Gasteiger partial charge < -0.3 is 10.1 Å². The highest BCUT2D eigenvalue weighted by Crippen LogP contribution is 2.33. The van der Waals surface area contributed by atoms with Gasteiger partial charge in [0.25, 0.3) is 0 Å². The number of hydrogen-bond donors (Lipinski definition) is 1. The molecule has 2 aromatic rings. The van der Waals surface area contributed by atoms with Crippen LogP contribution in [0.1, 0.15) is 31.0 Å². The first-order chi connectivity index (χ1) is 10.1. The van der Waals surface area contributed by atoms with E-state index in [1.165, 1.54) is 5.56 Å². The van der Waals surface area contributed by atoms with Gasteiger partial charge in [-0.05, 0) is 45.6 Å². The van der Waals surface area contributed by atoms with Crippen molar-refractivity contribution in [1.82, 2.24) is 9.97 Å². The molecule has 21 heavy (non-hydrogen) atoms. The van der Waals surface area contributed by atoms with Gasteiger partial charge in [0.15, 0.2) is 5.82 Å². The van der Waals surface area contributed by atoms with Crippen molar-refractivity contribution >= 4 is 21.7 Å². The standard InChI is InChI=1S/C16H18BrN3O/c1-9(2)14-13(17)16(18-3)20-15(19-14)11-4-5-12-10(8-11)6-7-21-12/h4-5,8-9H,6-7H2,1-3H3,(H,18,19,20). The van der Waals surface area contributed by atoms with Crippen LogP contribution in [0.15, 0.2) is 22.7 Å². The molecule has 2 heterocycles. The fourth-order valence-electron chi connectivity index (χ4n) is 2.47. The molecule has 0 unspecified atom stereocenters. The first-order valence-corrected chi connectivity index (χ1v) is 7.90. The molecule has 0 radical (unpaired) electrons. The number of benzene rings is 1. The van der Waals surface area contributed by atoms with E-state index in [-0.39, 0.29) is 0 Å². The fraction of sp³-hybridized carbons (Fsp3) is 0.375. The number of nitrogens with zero attached hydrogens (tertiary/aromatic N) is 2. The van der Waals surface area contributed by atoms with Crippen LogP contribution in [0.4, 0.5) is 5.82 Å². The SMILES string of the molecule is CNc1nc(-c2ccc3c(c2)CCO3)nc(C(C)C)c1Br. The number of fused-ring (bicyclic) bond motifs is 1. The average Bonchev–Trinajstić information content (AvgIpc) is 2.94. The van der Waals surface area contributed by atoms with Crippen LogP contribution in [-0.4, -0.2) is 23.6 Å². The highest BCUT2D eigenvalue weighted by atomic mass is 79.9. The summed E-state index contributed by atoms with van der Waals surface area (Å²) in [4.78, 5) is 9.36. The molecule has 110 valence electrons. The Morgan fingerprint density at radius 2 is 2.10 bits per heavy atom. The Bertz CT molecular complexity index is 685. The lowest BCUT2D eigenvalue weighted by atomic mass is 10.1. The Balaban J connectivity index is 2.11.